The van der Waals surface area contributed by atoms with E-state index in [-0.39, 0.29) is 17.9 Å². The molecule has 5 nitrogen and oxygen atoms in total. The molecular formula is C11H18N4O. The van der Waals surface area contributed by atoms with E-state index in [1.54, 1.807) is 19.4 Å². The number of hydrogen-bond acceptors (Lipinski definition) is 4. The second-order valence-electron chi connectivity index (χ2n) is 4.06. The molecule has 0 bridgehead atoms. The van der Waals surface area contributed by atoms with Crippen LogP contribution in [0.1, 0.15) is 19.4 Å². The maximum atomic E-state index is 11.6. The number of rotatable bonds is 4. The first-order valence-electron chi connectivity index (χ1n) is 5.31. The summed E-state index contributed by atoms with van der Waals surface area (Å²) in [5.74, 6) is 0.594. The highest BCUT2D eigenvalue weighted by molar-refractivity contribution is 5.84. The molecule has 1 aromatic rings. The van der Waals surface area contributed by atoms with Gasteiger partial charge >= 0.3 is 0 Å². The number of carbonyl (C=O) groups is 1. The van der Waals surface area contributed by atoms with Crippen molar-refractivity contribution in [2.45, 2.75) is 26.8 Å². The van der Waals surface area contributed by atoms with E-state index in [1.807, 2.05) is 20.8 Å². The Balaban J connectivity index is 2.75. The molecule has 1 rings (SSSR count). The Morgan fingerprint density at radius 1 is 1.31 bits per heavy atom. The van der Waals surface area contributed by atoms with Gasteiger partial charge in [-0.2, -0.15) is 0 Å². The molecule has 1 atom stereocenters. The summed E-state index contributed by atoms with van der Waals surface area (Å²) in [5, 5.41) is 5.64. The van der Waals surface area contributed by atoms with Crippen LogP contribution in [0.5, 0.6) is 0 Å². The minimum Gasteiger partial charge on any atom is -0.357 e. The number of amides is 1. The maximum absolute atomic E-state index is 11.6. The van der Waals surface area contributed by atoms with Crippen molar-refractivity contribution in [1.29, 1.82) is 0 Å². The van der Waals surface area contributed by atoms with Gasteiger partial charge in [-0.3, -0.25) is 4.79 Å². The zero-order valence-corrected chi connectivity index (χ0v) is 10.1. The molecule has 0 saturated carbocycles. The van der Waals surface area contributed by atoms with E-state index in [2.05, 4.69) is 20.6 Å². The maximum Gasteiger partial charge on any atom is 0.242 e. The van der Waals surface area contributed by atoms with Crippen molar-refractivity contribution in [3.8, 4) is 0 Å². The number of aromatic nitrogens is 2. The summed E-state index contributed by atoms with van der Waals surface area (Å²) >= 11 is 0. The third kappa shape index (κ3) is 3.18. The first-order chi connectivity index (χ1) is 7.54. The third-order valence-electron chi connectivity index (χ3n) is 2.26. The Kier molecular flexibility index (Phi) is 4.22. The van der Waals surface area contributed by atoms with E-state index in [9.17, 15) is 4.79 Å². The van der Waals surface area contributed by atoms with Gasteiger partial charge in [0.2, 0.25) is 11.9 Å². The summed E-state index contributed by atoms with van der Waals surface area (Å²) in [6, 6.07) is -0.312. The normalized spacial score (nSPS) is 12.3. The lowest BCUT2D eigenvalue weighted by molar-refractivity contribution is -0.122. The Morgan fingerprint density at radius 2 is 1.88 bits per heavy atom. The predicted molar refractivity (Wildman–Crippen MR) is 63.1 cm³/mol. The second-order valence-corrected chi connectivity index (χ2v) is 4.06. The quantitative estimate of drug-likeness (QED) is 0.796. The van der Waals surface area contributed by atoms with Gasteiger partial charge in [0, 0.05) is 19.4 Å². The average Bonchev–Trinajstić information content (AvgIpc) is 2.27. The molecule has 0 aliphatic rings. The molecule has 1 unspecified atom stereocenters. The summed E-state index contributed by atoms with van der Waals surface area (Å²) in [7, 11) is 1.62. The molecular weight excluding hydrogens is 204 g/mol. The molecule has 5 heteroatoms. The monoisotopic (exact) mass is 222 g/mol. The highest BCUT2D eigenvalue weighted by Gasteiger charge is 2.21. The molecule has 1 aromatic heterocycles. The van der Waals surface area contributed by atoms with E-state index >= 15 is 0 Å². The fraction of sp³-hybridized carbons (Fsp3) is 0.545. The summed E-state index contributed by atoms with van der Waals surface area (Å²) in [5.41, 5.74) is 0.992. The standard InChI is InChI=1S/C11H18N4O/c1-7(2)9(10(16)12-4)15-11-13-5-8(3)6-14-11/h5-7,9H,1-4H3,(H,12,16)(H,13,14,15). The predicted octanol–water partition coefficient (Wildman–Crippen LogP) is 0.968. The van der Waals surface area contributed by atoms with Crippen LogP contribution in [-0.4, -0.2) is 29.0 Å². The van der Waals surface area contributed by atoms with Crippen LogP contribution in [0.2, 0.25) is 0 Å². The lowest BCUT2D eigenvalue weighted by Crippen LogP contribution is -2.41. The molecule has 0 aromatic carbocycles. The molecule has 1 heterocycles. The van der Waals surface area contributed by atoms with Crippen LogP contribution in [0.25, 0.3) is 0 Å². The van der Waals surface area contributed by atoms with Gasteiger partial charge in [0.1, 0.15) is 6.04 Å². The van der Waals surface area contributed by atoms with Gasteiger partial charge in [0.15, 0.2) is 0 Å². The van der Waals surface area contributed by atoms with Crippen LogP contribution in [0, 0.1) is 12.8 Å². The van der Waals surface area contributed by atoms with E-state index in [1.165, 1.54) is 0 Å². The molecule has 0 spiro atoms. The second kappa shape index (κ2) is 5.44. The van der Waals surface area contributed by atoms with Crippen LogP contribution in [-0.2, 0) is 4.79 Å². The third-order valence-corrected chi connectivity index (χ3v) is 2.26. The van der Waals surface area contributed by atoms with Crippen molar-refractivity contribution in [3.05, 3.63) is 18.0 Å². The van der Waals surface area contributed by atoms with Crippen molar-refractivity contribution in [2.75, 3.05) is 12.4 Å². The number of hydrogen-bond donors (Lipinski definition) is 2. The van der Waals surface area contributed by atoms with E-state index < -0.39 is 0 Å². The molecule has 0 aliphatic heterocycles. The van der Waals surface area contributed by atoms with Crippen molar-refractivity contribution < 1.29 is 4.79 Å². The molecule has 0 aliphatic carbocycles. The molecule has 0 saturated heterocycles. The Morgan fingerprint density at radius 3 is 2.31 bits per heavy atom. The zero-order chi connectivity index (χ0) is 12.1. The summed E-state index contributed by atoms with van der Waals surface area (Å²) in [6.45, 7) is 5.87. The van der Waals surface area contributed by atoms with E-state index in [0.29, 0.717) is 5.95 Å². The van der Waals surface area contributed by atoms with Gasteiger partial charge in [-0.15, -0.1) is 0 Å². The van der Waals surface area contributed by atoms with Crippen LogP contribution < -0.4 is 10.6 Å². The Labute approximate surface area is 95.7 Å². The van der Waals surface area contributed by atoms with Gasteiger partial charge in [-0.1, -0.05) is 13.8 Å². The number of likely N-dealkylation sites (N-methyl/N-ethyl adjacent to an activating group) is 1. The molecule has 2 N–H and O–H groups in total. The molecule has 16 heavy (non-hydrogen) atoms. The van der Waals surface area contributed by atoms with Crippen LogP contribution in [0.15, 0.2) is 12.4 Å². The minimum atomic E-state index is -0.312. The SMILES string of the molecule is CNC(=O)C(Nc1ncc(C)cn1)C(C)C. The van der Waals surface area contributed by atoms with Gasteiger partial charge in [-0.25, -0.2) is 9.97 Å². The van der Waals surface area contributed by atoms with E-state index in [0.717, 1.165) is 5.56 Å². The zero-order valence-electron chi connectivity index (χ0n) is 10.1. The highest BCUT2D eigenvalue weighted by atomic mass is 16.2. The molecule has 0 radical (unpaired) electrons. The van der Waals surface area contributed by atoms with Crippen molar-refractivity contribution in [3.63, 3.8) is 0 Å². The fourth-order valence-electron chi connectivity index (χ4n) is 1.30. The highest BCUT2D eigenvalue weighted by Crippen LogP contribution is 2.08. The lowest BCUT2D eigenvalue weighted by atomic mass is 10.0. The topological polar surface area (TPSA) is 66.9 Å². The van der Waals surface area contributed by atoms with Gasteiger partial charge < -0.3 is 10.6 Å². The minimum absolute atomic E-state index is 0.0563. The van der Waals surface area contributed by atoms with Crippen LogP contribution in [0.4, 0.5) is 5.95 Å². The van der Waals surface area contributed by atoms with Crippen LogP contribution >= 0.6 is 0 Å². The summed E-state index contributed by atoms with van der Waals surface area (Å²) in [4.78, 5) is 19.8. The van der Waals surface area contributed by atoms with Crippen LogP contribution in [0.3, 0.4) is 0 Å². The van der Waals surface area contributed by atoms with Gasteiger partial charge in [-0.05, 0) is 18.4 Å². The number of nitrogens with zero attached hydrogens (tertiary/aromatic N) is 2. The smallest absolute Gasteiger partial charge is 0.242 e. The number of carbonyl (C=O) groups excluding carboxylic acids is 1. The van der Waals surface area contributed by atoms with Crippen molar-refractivity contribution in [2.24, 2.45) is 5.92 Å². The molecule has 88 valence electrons. The fourth-order valence-corrected chi connectivity index (χ4v) is 1.30. The average molecular weight is 222 g/mol. The largest absolute Gasteiger partial charge is 0.357 e. The number of aryl methyl sites for hydroxylation is 1. The van der Waals surface area contributed by atoms with Crippen molar-refractivity contribution in [1.82, 2.24) is 15.3 Å². The molecule has 0 fully saturated rings. The number of anilines is 1. The number of nitrogens with one attached hydrogen (secondary N) is 2. The summed E-state index contributed by atoms with van der Waals surface area (Å²) in [6.07, 6.45) is 3.44. The lowest BCUT2D eigenvalue weighted by Gasteiger charge is -2.20. The van der Waals surface area contributed by atoms with Gasteiger partial charge in [0.05, 0.1) is 0 Å². The molecule has 1 amide bonds. The van der Waals surface area contributed by atoms with Crippen molar-refractivity contribution >= 4 is 11.9 Å². The summed E-state index contributed by atoms with van der Waals surface area (Å²) < 4.78 is 0. The first kappa shape index (κ1) is 12.4. The first-order valence-corrected chi connectivity index (χ1v) is 5.31. The van der Waals surface area contributed by atoms with Gasteiger partial charge in [0.25, 0.3) is 0 Å². The Hall–Kier alpha value is -1.65. The Bertz CT molecular complexity index is 348. The van der Waals surface area contributed by atoms with E-state index in [4.69, 9.17) is 0 Å².